The van der Waals surface area contributed by atoms with Crippen molar-refractivity contribution in [3.8, 4) is 0 Å². The summed E-state index contributed by atoms with van der Waals surface area (Å²) >= 11 is 0. The van der Waals surface area contributed by atoms with Crippen LogP contribution in [0.1, 0.15) is 70.6 Å². The largest absolute Gasteiger partial charge is 0.273 e. The Morgan fingerprint density at radius 2 is 1.13 bits per heavy atom. The Morgan fingerprint density at radius 1 is 0.739 bits per heavy atom. The van der Waals surface area contributed by atoms with Gasteiger partial charge in [-0.15, -0.1) is 0 Å². The minimum atomic E-state index is -0.401. The van der Waals surface area contributed by atoms with Gasteiger partial charge in [0.1, 0.15) is 6.42 Å². The Labute approximate surface area is 138 Å². The Morgan fingerprint density at radius 3 is 1.52 bits per heavy atom. The maximum absolute atomic E-state index is 11.6. The van der Waals surface area contributed by atoms with E-state index in [1.807, 2.05) is 0 Å². The van der Waals surface area contributed by atoms with E-state index in [4.69, 9.17) is 0 Å². The predicted molar refractivity (Wildman–Crippen MR) is 91.0 cm³/mol. The Bertz CT molecular complexity index is 396. The molecule has 2 saturated carbocycles. The fourth-order valence-electron chi connectivity index (χ4n) is 3.22. The summed E-state index contributed by atoms with van der Waals surface area (Å²) in [5, 5.41) is 7.92. The van der Waals surface area contributed by atoms with Gasteiger partial charge >= 0.3 is 0 Å². The van der Waals surface area contributed by atoms with Crippen LogP contribution >= 0.6 is 0 Å². The van der Waals surface area contributed by atoms with Crippen LogP contribution in [0, 0.1) is 11.8 Å². The highest BCUT2D eigenvalue weighted by Crippen LogP contribution is 2.22. The van der Waals surface area contributed by atoms with Crippen LogP contribution in [0.2, 0.25) is 0 Å². The van der Waals surface area contributed by atoms with Crippen molar-refractivity contribution in [2.75, 3.05) is 0 Å². The average molecular weight is 320 g/mol. The van der Waals surface area contributed by atoms with Gasteiger partial charge in [-0.25, -0.2) is 10.9 Å². The smallest absolute Gasteiger partial charge is 0.249 e. The van der Waals surface area contributed by atoms with Crippen LogP contribution in [-0.4, -0.2) is 24.2 Å². The monoisotopic (exact) mass is 320 g/mol. The lowest BCUT2D eigenvalue weighted by molar-refractivity contribution is -0.129. The highest BCUT2D eigenvalue weighted by Gasteiger charge is 2.13. The van der Waals surface area contributed by atoms with Gasteiger partial charge in [0.05, 0.1) is 0 Å². The Kier molecular flexibility index (Phi) is 7.77. The van der Waals surface area contributed by atoms with Gasteiger partial charge in [0.25, 0.3) is 0 Å². The van der Waals surface area contributed by atoms with Gasteiger partial charge in [-0.3, -0.25) is 9.59 Å². The fourth-order valence-corrected chi connectivity index (χ4v) is 3.22. The van der Waals surface area contributed by atoms with Gasteiger partial charge in [0.2, 0.25) is 11.8 Å². The van der Waals surface area contributed by atoms with Crippen molar-refractivity contribution in [1.82, 2.24) is 10.9 Å². The van der Waals surface area contributed by atoms with Crippen LogP contribution in [0.3, 0.4) is 0 Å². The van der Waals surface area contributed by atoms with Gasteiger partial charge in [-0.1, -0.05) is 38.5 Å². The molecule has 2 amide bonds. The number of amides is 2. The third-order valence-electron chi connectivity index (χ3n) is 4.57. The lowest BCUT2D eigenvalue weighted by Crippen LogP contribution is -2.27. The van der Waals surface area contributed by atoms with Crippen LogP contribution < -0.4 is 10.9 Å². The molecule has 2 fully saturated rings. The SMILES string of the molecule is O=C(CC(=O)N/N=C/C1CCCCC1)N/N=C/C1CCCCC1. The molecule has 2 aliphatic carbocycles. The molecule has 2 N–H and O–H groups in total. The lowest BCUT2D eigenvalue weighted by atomic mass is 9.90. The molecule has 0 spiro atoms. The van der Waals surface area contributed by atoms with E-state index in [9.17, 15) is 9.59 Å². The zero-order chi connectivity index (χ0) is 16.3. The molecular weight excluding hydrogens is 292 g/mol. The number of nitrogens with zero attached hydrogens (tertiary/aromatic N) is 2. The summed E-state index contributed by atoms with van der Waals surface area (Å²) in [5.41, 5.74) is 4.84. The van der Waals surface area contributed by atoms with E-state index in [1.165, 1.54) is 38.5 Å². The summed E-state index contributed by atoms with van der Waals surface area (Å²) in [6.07, 6.45) is 15.4. The molecule has 0 aromatic heterocycles. The summed E-state index contributed by atoms with van der Waals surface area (Å²) in [5.74, 6) is 0.112. The van der Waals surface area contributed by atoms with E-state index in [2.05, 4.69) is 21.1 Å². The van der Waals surface area contributed by atoms with Crippen LogP contribution in [0.5, 0.6) is 0 Å². The molecule has 0 heterocycles. The van der Waals surface area contributed by atoms with Crippen molar-refractivity contribution >= 4 is 24.2 Å². The number of carbonyl (C=O) groups is 2. The molecular formula is C17H28N4O2. The molecule has 0 radical (unpaired) electrons. The molecule has 2 aliphatic rings. The van der Waals surface area contributed by atoms with E-state index in [1.54, 1.807) is 12.4 Å². The zero-order valence-corrected chi connectivity index (χ0v) is 13.8. The second kappa shape index (κ2) is 10.1. The number of hydrogen-bond donors (Lipinski definition) is 2. The summed E-state index contributed by atoms with van der Waals surface area (Å²) in [4.78, 5) is 23.2. The van der Waals surface area contributed by atoms with Crippen LogP contribution in [-0.2, 0) is 9.59 Å². The molecule has 6 heteroatoms. The van der Waals surface area contributed by atoms with E-state index in [-0.39, 0.29) is 6.42 Å². The highest BCUT2D eigenvalue weighted by molar-refractivity contribution is 5.97. The highest BCUT2D eigenvalue weighted by atomic mass is 16.2. The second-order valence-corrected chi connectivity index (χ2v) is 6.60. The molecule has 0 atom stereocenters. The molecule has 0 aromatic rings. The molecule has 2 rings (SSSR count). The van der Waals surface area contributed by atoms with Gasteiger partial charge < -0.3 is 0 Å². The topological polar surface area (TPSA) is 82.9 Å². The second-order valence-electron chi connectivity index (χ2n) is 6.60. The number of hydrazone groups is 2. The maximum Gasteiger partial charge on any atom is 0.249 e. The molecule has 0 unspecified atom stereocenters. The minimum Gasteiger partial charge on any atom is -0.273 e. The van der Waals surface area contributed by atoms with E-state index in [0.717, 1.165) is 25.7 Å². The van der Waals surface area contributed by atoms with Crippen LogP contribution in [0.4, 0.5) is 0 Å². The molecule has 0 aliphatic heterocycles. The first-order valence-corrected chi connectivity index (χ1v) is 8.88. The van der Waals surface area contributed by atoms with Crippen molar-refractivity contribution in [2.24, 2.45) is 22.0 Å². The number of nitrogens with one attached hydrogen (secondary N) is 2. The van der Waals surface area contributed by atoms with Crippen molar-refractivity contribution in [2.45, 2.75) is 70.6 Å². The summed E-state index contributed by atoms with van der Waals surface area (Å²) in [6.45, 7) is 0. The lowest BCUT2D eigenvalue weighted by Gasteiger charge is -2.16. The third-order valence-corrected chi connectivity index (χ3v) is 4.57. The normalized spacial score (nSPS) is 20.9. The van der Waals surface area contributed by atoms with Gasteiger partial charge in [0.15, 0.2) is 0 Å². The molecule has 0 aromatic carbocycles. The standard InChI is InChI=1S/C17H28N4O2/c22-16(20-18-12-14-7-3-1-4-8-14)11-17(23)21-19-13-15-9-5-2-6-10-15/h12-15H,1-11H2,(H,20,22)(H,21,23)/b18-12+,19-13+. The van der Waals surface area contributed by atoms with Gasteiger partial charge in [0, 0.05) is 12.4 Å². The molecule has 23 heavy (non-hydrogen) atoms. The van der Waals surface area contributed by atoms with Gasteiger partial charge in [-0.2, -0.15) is 10.2 Å². The Hall–Kier alpha value is -1.72. The van der Waals surface area contributed by atoms with E-state index >= 15 is 0 Å². The number of carbonyl (C=O) groups excluding carboxylic acids is 2. The maximum atomic E-state index is 11.6. The summed E-state index contributed by atoms with van der Waals surface area (Å²) < 4.78 is 0. The first-order chi connectivity index (χ1) is 11.2. The molecule has 0 bridgehead atoms. The third kappa shape index (κ3) is 7.39. The van der Waals surface area contributed by atoms with Crippen LogP contribution in [0.25, 0.3) is 0 Å². The minimum absolute atomic E-state index is 0.246. The Balaban J connectivity index is 1.59. The van der Waals surface area contributed by atoms with Crippen LogP contribution in [0.15, 0.2) is 10.2 Å². The average Bonchev–Trinajstić information content (AvgIpc) is 2.57. The molecule has 6 nitrogen and oxygen atoms in total. The number of hydrogen-bond acceptors (Lipinski definition) is 4. The first-order valence-electron chi connectivity index (χ1n) is 8.88. The van der Waals surface area contributed by atoms with E-state index < -0.39 is 11.8 Å². The van der Waals surface area contributed by atoms with Crippen molar-refractivity contribution < 1.29 is 9.59 Å². The molecule has 0 saturated heterocycles. The fraction of sp³-hybridized carbons (Fsp3) is 0.765. The summed E-state index contributed by atoms with van der Waals surface area (Å²) in [7, 11) is 0. The van der Waals surface area contributed by atoms with E-state index in [0.29, 0.717) is 11.8 Å². The van der Waals surface area contributed by atoms with Crippen molar-refractivity contribution in [1.29, 1.82) is 0 Å². The van der Waals surface area contributed by atoms with Gasteiger partial charge in [-0.05, 0) is 37.5 Å². The summed E-state index contributed by atoms with van der Waals surface area (Å²) in [6, 6.07) is 0. The number of rotatable bonds is 6. The van der Waals surface area contributed by atoms with Crippen molar-refractivity contribution in [3.63, 3.8) is 0 Å². The zero-order valence-electron chi connectivity index (χ0n) is 13.8. The van der Waals surface area contributed by atoms with Crippen molar-refractivity contribution in [3.05, 3.63) is 0 Å². The molecule has 128 valence electrons. The predicted octanol–water partition coefficient (Wildman–Crippen LogP) is 2.74. The quantitative estimate of drug-likeness (QED) is 0.448. The first kappa shape index (κ1) is 17.6.